The van der Waals surface area contributed by atoms with Gasteiger partial charge in [0.05, 0.1) is 29.2 Å². The molecule has 0 bridgehead atoms. The van der Waals surface area contributed by atoms with Crippen LogP contribution < -0.4 is 10.4 Å². The van der Waals surface area contributed by atoms with Gasteiger partial charge in [-0.15, -0.1) is 0 Å². The second-order valence-corrected chi connectivity index (χ2v) is 17.6. The van der Waals surface area contributed by atoms with Crippen molar-refractivity contribution in [3.05, 3.63) is 127 Å². The maximum absolute atomic E-state index is 13.7. The number of rotatable bonds is 11. The summed E-state index contributed by atoms with van der Waals surface area (Å²) in [4.78, 5) is 0.172. The number of ether oxygens (including phenoxy) is 3. The molecule has 49 heavy (non-hydrogen) atoms. The molecule has 1 radical (unpaired) electrons. The molecule has 11 heteroatoms. The summed E-state index contributed by atoms with van der Waals surface area (Å²) < 4.78 is 48.2. The molecule has 5 aromatic rings. The van der Waals surface area contributed by atoms with Crippen molar-refractivity contribution in [1.82, 2.24) is 3.97 Å². The minimum atomic E-state index is -3.89. The maximum Gasteiger partial charge on any atom is 0.268 e. The number of nitrogens with zero attached hydrogens (tertiary/aromatic N) is 1. The van der Waals surface area contributed by atoms with Crippen LogP contribution in [0.15, 0.2) is 126 Å². The molecular weight excluding hydrogens is 659 g/mol. The molecule has 2 heterocycles. The smallest absolute Gasteiger partial charge is 0.268 e. The van der Waals surface area contributed by atoms with Gasteiger partial charge < -0.3 is 29.5 Å². The van der Waals surface area contributed by atoms with Crippen molar-refractivity contribution in [2.75, 3.05) is 13.2 Å². The first kappa shape index (κ1) is 35.2. The van der Waals surface area contributed by atoms with E-state index in [4.69, 9.17) is 14.2 Å². The average molecular weight is 701 g/mol. The first-order chi connectivity index (χ1) is 23.4. The summed E-state index contributed by atoms with van der Waals surface area (Å²) in [5.41, 5.74) is -1.10. The van der Waals surface area contributed by atoms with Crippen LogP contribution in [-0.2, 0) is 30.7 Å². The van der Waals surface area contributed by atoms with E-state index in [2.05, 4.69) is 0 Å². The summed E-state index contributed by atoms with van der Waals surface area (Å²) in [5.74, 6) is 0. The summed E-state index contributed by atoms with van der Waals surface area (Å²) in [6.45, 7) is 5.60. The zero-order valence-electron chi connectivity index (χ0n) is 27.7. The van der Waals surface area contributed by atoms with Crippen molar-refractivity contribution in [2.24, 2.45) is 0 Å². The van der Waals surface area contributed by atoms with Gasteiger partial charge in [0.1, 0.15) is 24.4 Å². The molecule has 1 aliphatic rings. The van der Waals surface area contributed by atoms with Crippen LogP contribution in [0.4, 0.5) is 0 Å². The quantitative estimate of drug-likeness (QED) is 0.179. The molecule has 0 unspecified atom stereocenters. The molecular formula is C38H42NO8SSi. The topological polar surface area (TPSA) is 127 Å². The van der Waals surface area contributed by atoms with Gasteiger partial charge in [0.2, 0.25) is 0 Å². The molecule has 1 fully saturated rings. The van der Waals surface area contributed by atoms with Gasteiger partial charge in [0.25, 0.3) is 10.0 Å². The summed E-state index contributed by atoms with van der Waals surface area (Å²) in [6.07, 6.45) is -3.83. The lowest BCUT2D eigenvalue weighted by Gasteiger charge is -2.51. The Morgan fingerprint density at radius 3 is 1.94 bits per heavy atom. The Kier molecular flexibility index (Phi) is 10.3. The van der Waals surface area contributed by atoms with E-state index in [1.807, 2.05) is 93.6 Å². The van der Waals surface area contributed by atoms with E-state index in [9.17, 15) is 23.7 Å². The number of benzene rings is 4. The maximum atomic E-state index is 13.7. The Morgan fingerprint density at radius 2 is 1.35 bits per heavy atom. The highest BCUT2D eigenvalue weighted by Crippen LogP contribution is 2.35. The Labute approximate surface area is 289 Å². The van der Waals surface area contributed by atoms with E-state index < -0.39 is 54.2 Å². The summed E-state index contributed by atoms with van der Waals surface area (Å²) in [7, 11) is -6.12. The molecule has 0 saturated carbocycles. The third-order valence-corrected chi connectivity index (χ3v) is 13.4. The highest BCUT2D eigenvalue weighted by molar-refractivity contribution is 7.90. The number of hydrogen-bond acceptors (Lipinski definition) is 8. The van der Waals surface area contributed by atoms with E-state index in [1.165, 1.54) is 3.97 Å². The number of para-hydroxylation sites is 1. The van der Waals surface area contributed by atoms with Crippen molar-refractivity contribution in [3.63, 3.8) is 0 Å². The van der Waals surface area contributed by atoms with E-state index in [0.717, 1.165) is 21.3 Å². The average Bonchev–Trinajstić information content (AvgIpc) is 3.48. The Morgan fingerprint density at radius 1 is 0.796 bits per heavy atom. The van der Waals surface area contributed by atoms with Crippen LogP contribution in [-0.4, -0.2) is 85.1 Å². The van der Waals surface area contributed by atoms with Crippen LogP contribution in [0.25, 0.3) is 10.9 Å². The molecule has 0 aliphatic carbocycles. The molecule has 3 N–H and O–H groups in total. The van der Waals surface area contributed by atoms with Crippen LogP contribution in [0, 0.1) is 0 Å². The van der Waals surface area contributed by atoms with Crippen molar-refractivity contribution in [3.8, 4) is 0 Å². The van der Waals surface area contributed by atoms with Crippen LogP contribution in [0.1, 0.15) is 26.3 Å². The Hall–Kier alpha value is -3.65. The largest absolute Gasteiger partial charge is 0.387 e. The van der Waals surface area contributed by atoms with E-state index in [1.54, 1.807) is 48.7 Å². The van der Waals surface area contributed by atoms with Crippen molar-refractivity contribution in [1.29, 1.82) is 0 Å². The van der Waals surface area contributed by atoms with E-state index in [0.29, 0.717) is 5.52 Å². The minimum absolute atomic E-state index is 0.0000504. The fraction of sp³-hybridized carbons (Fsp3) is 0.316. The lowest BCUT2D eigenvalue weighted by Crippen LogP contribution is -2.76. The van der Waals surface area contributed by atoms with Gasteiger partial charge in [-0.05, 0) is 51.0 Å². The zero-order valence-corrected chi connectivity index (χ0v) is 29.5. The predicted octanol–water partition coefficient (Wildman–Crippen LogP) is 3.28. The van der Waals surface area contributed by atoms with Crippen LogP contribution >= 0.6 is 0 Å². The summed E-state index contributed by atoms with van der Waals surface area (Å²) >= 11 is 0. The summed E-state index contributed by atoms with van der Waals surface area (Å²) in [5, 5.41) is 37.0. The fourth-order valence-corrected chi connectivity index (χ4v) is 10.9. The minimum Gasteiger partial charge on any atom is -0.387 e. The standard InChI is InChI=1S/C38H42NO8SSi/c1-37(2,3)46-26-33-34(40)35(41)36(42)38(47-33,49(29-17-9-5-10-18-29)30-19-11-6-12-20-30)45-24-23-27-25-39(32-22-14-13-21-31(27)32)48(43,44)28-15-7-4-8-16-28/h4-22,25,33-36,40-42H,23-24,26H2,1-3H3/t33-,34-,35+,36-,38+/m1/s1. The summed E-state index contributed by atoms with van der Waals surface area (Å²) in [6, 6.07) is 34.7. The van der Waals surface area contributed by atoms with Crippen LogP contribution in [0.5, 0.6) is 0 Å². The zero-order chi connectivity index (χ0) is 34.8. The van der Waals surface area contributed by atoms with E-state index >= 15 is 0 Å². The lowest BCUT2D eigenvalue weighted by molar-refractivity contribution is -0.331. The molecule has 1 saturated heterocycles. The Balaban J connectivity index is 1.41. The third-order valence-electron chi connectivity index (χ3n) is 8.67. The van der Waals surface area contributed by atoms with Gasteiger partial charge in [-0.25, -0.2) is 12.4 Å². The first-order valence-electron chi connectivity index (χ1n) is 16.3. The Bertz CT molecular complexity index is 1910. The number of fused-ring (bicyclic) bond motifs is 1. The lowest BCUT2D eigenvalue weighted by atomic mass is 9.98. The molecule has 6 rings (SSSR count). The molecule has 5 atom stereocenters. The van der Waals surface area contributed by atoms with Crippen LogP contribution in [0.2, 0.25) is 0 Å². The van der Waals surface area contributed by atoms with Crippen molar-refractivity contribution in [2.45, 2.75) is 67.5 Å². The van der Waals surface area contributed by atoms with Gasteiger partial charge in [0, 0.05) is 11.6 Å². The first-order valence-corrected chi connectivity index (χ1v) is 19.2. The van der Waals surface area contributed by atoms with Gasteiger partial charge in [0.15, 0.2) is 14.2 Å². The van der Waals surface area contributed by atoms with Gasteiger partial charge >= 0.3 is 0 Å². The highest BCUT2D eigenvalue weighted by atomic mass is 32.2. The molecule has 4 aromatic carbocycles. The van der Waals surface area contributed by atoms with Crippen molar-refractivity contribution >= 4 is 40.1 Å². The number of hydrogen-bond donors (Lipinski definition) is 3. The molecule has 257 valence electrons. The second-order valence-electron chi connectivity index (χ2n) is 13.2. The molecule has 1 aliphatic heterocycles. The second kappa shape index (κ2) is 14.3. The van der Waals surface area contributed by atoms with Gasteiger partial charge in [-0.1, -0.05) is 107 Å². The molecule has 0 spiro atoms. The SMILES string of the molecule is CC(C)(C)OC[C@H]1O[C@](OCCc2cn(S(=O)(=O)c3ccccc3)c3ccccc23)([Si](c2ccccc2)c2ccccc2)[C@H](O)[C@@H](O)[C@@H]1O. The third kappa shape index (κ3) is 7.17. The van der Waals surface area contributed by atoms with Crippen LogP contribution in [0.3, 0.4) is 0 Å². The number of aromatic nitrogens is 1. The van der Waals surface area contributed by atoms with E-state index in [-0.39, 0.29) is 24.5 Å². The monoisotopic (exact) mass is 700 g/mol. The van der Waals surface area contributed by atoms with Crippen molar-refractivity contribution < 1.29 is 37.9 Å². The van der Waals surface area contributed by atoms with Gasteiger partial charge in [-0.3, -0.25) is 0 Å². The molecule has 0 amide bonds. The number of aliphatic hydroxyl groups excluding tert-OH is 3. The predicted molar refractivity (Wildman–Crippen MR) is 190 cm³/mol. The fourth-order valence-electron chi connectivity index (χ4n) is 6.27. The highest BCUT2D eigenvalue weighted by Gasteiger charge is 2.60. The number of aliphatic hydroxyl groups is 3. The molecule has 1 aromatic heterocycles. The van der Waals surface area contributed by atoms with Gasteiger partial charge in [-0.2, -0.15) is 0 Å². The normalized spacial score (nSPS) is 23.2. The molecule has 9 nitrogen and oxygen atoms in total.